The lowest BCUT2D eigenvalue weighted by Crippen LogP contribution is -2.53. The summed E-state index contributed by atoms with van der Waals surface area (Å²) in [4.78, 5) is 33.2. The summed E-state index contributed by atoms with van der Waals surface area (Å²) in [6.07, 6.45) is -0.0633. The minimum Gasteiger partial charge on any atom is -0.494 e. The first-order valence-electron chi connectivity index (χ1n) is 11.4. The zero-order chi connectivity index (χ0) is 24.5. The molecule has 1 aromatic heterocycles. The molecule has 1 aromatic carbocycles. The summed E-state index contributed by atoms with van der Waals surface area (Å²) >= 11 is 5.98. The number of ether oxygens (including phenoxy) is 1. The summed E-state index contributed by atoms with van der Waals surface area (Å²) in [6, 6.07) is 13.1. The van der Waals surface area contributed by atoms with E-state index >= 15 is 0 Å². The van der Waals surface area contributed by atoms with Crippen LogP contribution in [0.25, 0.3) is 0 Å². The van der Waals surface area contributed by atoms with E-state index in [4.69, 9.17) is 21.5 Å². The van der Waals surface area contributed by atoms with Crippen molar-refractivity contribution < 1.29 is 24.6 Å². The number of halogens is 1. The largest absolute Gasteiger partial charge is 0.494 e. The van der Waals surface area contributed by atoms with Crippen molar-refractivity contribution in [2.75, 3.05) is 37.7 Å². The van der Waals surface area contributed by atoms with Gasteiger partial charge < -0.3 is 19.6 Å². The predicted octanol–water partition coefficient (Wildman–Crippen LogP) is 2.29. The number of pyridine rings is 1. The monoisotopic (exact) mass is 490 g/mol. The van der Waals surface area contributed by atoms with Gasteiger partial charge in [-0.1, -0.05) is 29.8 Å². The van der Waals surface area contributed by atoms with Gasteiger partial charge in [-0.05, 0) is 56.0 Å². The topological polar surface area (TPSA) is 115 Å². The summed E-state index contributed by atoms with van der Waals surface area (Å²) in [5.74, 6) is -0.707. The molecule has 0 unspecified atom stereocenters. The molecule has 0 aliphatic carbocycles. The molecular formula is C24H31ClN4O5. The van der Waals surface area contributed by atoms with Gasteiger partial charge >= 0.3 is 0 Å². The number of aryl methyl sites for hydroxylation is 1. The van der Waals surface area contributed by atoms with Crippen molar-refractivity contribution in [1.29, 1.82) is 0 Å². The third kappa shape index (κ3) is 6.82. The molecule has 1 aliphatic rings. The Kier molecular flexibility index (Phi) is 9.50. The van der Waals surface area contributed by atoms with E-state index in [2.05, 4.69) is 4.98 Å². The molecule has 9 nitrogen and oxygen atoms in total. The SMILES string of the molecule is CCOc1ccc(CCC[C@@H](C(=O)N2CCN(c3cccc(Cl)n3)CC2)[C@H](O)C(=O)NO)cc1. The van der Waals surface area contributed by atoms with Crippen molar-refractivity contribution in [2.24, 2.45) is 5.92 Å². The van der Waals surface area contributed by atoms with Gasteiger partial charge in [0, 0.05) is 26.2 Å². The molecule has 0 bridgehead atoms. The van der Waals surface area contributed by atoms with Crippen LogP contribution in [0.1, 0.15) is 25.3 Å². The quantitative estimate of drug-likeness (QED) is 0.266. The average molecular weight is 491 g/mol. The lowest BCUT2D eigenvalue weighted by atomic mass is 9.92. The van der Waals surface area contributed by atoms with E-state index in [1.165, 1.54) is 5.48 Å². The maximum Gasteiger partial charge on any atom is 0.272 e. The van der Waals surface area contributed by atoms with E-state index in [1.54, 1.807) is 11.0 Å². The lowest BCUT2D eigenvalue weighted by Gasteiger charge is -2.37. The molecule has 2 heterocycles. The molecule has 184 valence electrons. The van der Waals surface area contributed by atoms with Gasteiger partial charge in [-0.3, -0.25) is 14.8 Å². The van der Waals surface area contributed by atoms with Crippen LogP contribution in [-0.4, -0.2) is 70.9 Å². The summed E-state index contributed by atoms with van der Waals surface area (Å²) < 4.78 is 5.45. The highest BCUT2D eigenvalue weighted by Crippen LogP contribution is 2.22. The predicted molar refractivity (Wildman–Crippen MR) is 128 cm³/mol. The molecule has 0 spiro atoms. The van der Waals surface area contributed by atoms with Gasteiger partial charge in [0.05, 0.1) is 12.5 Å². The summed E-state index contributed by atoms with van der Waals surface area (Å²) in [7, 11) is 0. The number of rotatable bonds is 10. The molecule has 2 amide bonds. The molecular weight excluding hydrogens is 460 g/mol. The first-order valence-corrected chi connectivity index (χ1v) is 11.8. The minimum atomic E-state index is -1.63. The van der Waals surface area contributed by atoms with Crippen molar-refractivity contribution in [2.45, 2.75) is 32.3 Å². The fourth-order valence-corrected chi connectivity index (χ4v) is 4.23. The number of nitrogens with one attached hydrogen (secondary N) is 1. The molecule has 10 heteroatoms. The fraction of sp³-hybridized carbons (Fsp3) is 0.458. The number of hydrogen-bond donors (Lipinski definition) is 3. The summed E-state index contributed by atoms with van der Waals surface area (Å²) in [6.45, 7) is 4.48. The van der Waals surface area contributed by atoms with Gasteiger partial charge in [-0.25, -0.2) is 10.5 Å². The third-order valence-electron chi connectivity index (χ3n) is 5.91. The Morgan fingerprint density at radius 3 is 2.47 bits per heavy atom. The van der Waals surface area contributed by atoms with Gasteiger partial charge in [-0.2, -0.15) is 0 Å². The molecule has 1 saturated heterocycles. The maximum absolute atomic E-state index is 13.2. The third-order valence-corrected chi connectivity index (χ3v) is 6.12. The number of piperazine rings is 1. The summed E-state index contributed by atoms with van der Waals surface area (Å²) in [5, 5.41) is 19.8. The number of aliphatic hydroxyl groups is 1. The Morgan fingerprint density at radius 2 is 1.85 bits per heavy atom. The number of anilines is 1. The van der Waals surface area contributed by atoms with Crippen LogP contribution in [0.15, 0.2) is 42.5 Å². The Morgan fingerprint density at radius 1 is 1.15 bits per heavy atom. The number of aliphatic hydroxyl groups excluding tert-OH is 1. The highest BCUT2D eigenvalue weighted by atomic mass is 35.5. The molecule has 34 heavy (non-hydrogen) atoms. The Hall–Kier alpha value is -2.88. The molecule has 1 fully saturated rings. The second-order valence-electron chi connectivity index (χ2n) is 8.13. The summed E-state index contributed by atoms with van der Waals surface area (Å²) in [5.41, 5.74) is 2.53. The van der Waals surface area contributed by atoms with E-state index in [9.17, 15) is 14.7 Å². The normalized spacial score (nSPS) is 15.5. The first kappa shape index (κ1) is 25.7. The van der Waals surface area contributed by atoms with Crippen molar-refractivity contribution in [1.82, 2.24) is 15.4 Å². The number of carbonyl (C=O) groups excluding carboxylic acids is 2. The van der Waals surface area contributed by atoms with Gasteiger partial charge in [0.15, 0.2) is 0 Å². The number of benzene rings is 1. The van der Waals surface area contributed by atoms with Gasteiger partial charge in [0.25, 0.3) is 5.91 Å². The van der Waals surface area contributed by atoms with Crippen LogP contribution in [0.2, 0.25) is 5.15 Å². The molecule has 3 rings (SSSR count). The highest BCUT2D eigenvalue weighted by molar-refractivity contribution is 6.29. The van der Waals surface area contributed by atoms with Gasteiger partial charge in [-0.15, -0.1) is 0 Å². The lowest BCUT2D eigenvalue weighted by molar-refractivity contribution is -0.151. The maximum atomic E-state index is 13.2. The smallest absolute Gasteiger partial charge is 0.272 e. The van der Waals surface area contributed by atoms with Gasteiger partial charge in [0.1, 0.15) is 22.8 Å². The van der Waals surface area contributed by atoms with Crippen LogP contribution in [0.5, 0.6) is 5.75 Å². The van der Waals surface area contributed by atoms with E-state index < -0.39 is 17.9 Å². The number of hydroxylamine groups is 1. The molecule has 0 saturated carbocycles. The van der Waals surface area contributed by atoms with Crippen molar-refractivity contribution in [3.05, 3.63) is 53.2 Å². The van der Waals surface area contributed by atoms with E-state index in [-0.39, 0.29) is 5.91 Å². The average Bonchev–Trinajstić information content (AvgIpc) is 2.86. The molecule has 2 atom stereocenters. The van der Waals surface area contributed by atoms with Crippen LogP contribution < -0.4 is 15.1 Å². The second kappa shape index (κ2) is 12.5. The van der Waals surface area contributed by atoms with Crippen LogP contribution in [0.4, 0.5) is 5.82 Å². The van der Waals surface area contributed by atoms with Crippen molar-refractivity contribution in [3.63, 3.8) is 0 Å². The van der Waals surface area contributed by atoms with Crippen molar-refractivity contribution >= 4 is 29.2 Å². The van der Waals surface area contributed by atoms with E-state index in [0.717, 1.165) is 17.1 Å². The molecule has 2 aromatic rings. The number of aromatic nitrogens is 1. The molecule has 1 aliphatic heterocycles. The van der Waals surface area contributed by atoms with Crippen LogP contribution in [0, 0.1) is 5.92 Å². The Labute approximate surface area is 204 Å². The Balaban J connectivity index is 1.59. The van der Waals surface area contributed by atoms with Gasteiger partial charge in [0.2, 0.25) is 5.91 Å². The zero-order valence-corrected chi connectivity index (χ0v) is 19.9. The van der Waals surface area contributed by atoms with Crippen LogP contribution >= 0.6 is 11.6 Å². The fourth-order valence-electron chi connectivity index (χ4n) is 4.07. The second-order valence-corrected chi connectivity index (χ2v) is 8.51. The number of nitrogens with zero attached hydrogens (tertiary/aromatic N) is 3. The molecule has 3 N–H and O–H groups in total. The molecule has 0 radical (unpaired) electrons. The number of amides is 2. The minimum absolute atomic E-state index is 0.302. The van der Waals surface area contributed by atoms with E-state index in [1.807, 2.05) is 48.2 Å². The van der Waals surface area contributed by atoms with E-state index in [0.29, 0.717) is 57.2 Å². The highest BCUT2D eigenvalue weighted by Gasteiger charge is 2.35. The Bertz CT molecular complexity index is 951. The standard InChI is InChI=1S/C24H31ClN4O5/c1-2-34-18-11-9-17(10-12-18)5-3-6-19(22(30)23(31)27-33)24(32)29-15-13-28(14-16-29)21-8-4-7-20(25)26-21/h4,7-12,19,22,30,33H,2-3,5-6,13-16H2,1H3,(H,27,31)/t19-,22+/m1/s1. The number of hydrogen-bond acceptors (Lipinski definition) is 7. The van der Waals surface area contributed by atoms with Crippen LogP contribution in [-0.2, 0) is 16.0 Å². The van der Waals surface area contributed by atoms with Crippen molar-refractivity contribution in [3.8, 4) is 5.75 Å². The first-order chi connectivity index (χ1) is 16.4. The van der Waals surface area contributed by atoms with Crippen LogP contribution in [0.3, 0.4) is 0 Å². The number of carbonyl (C=O) groups is 2. The zero-order valence-electron chi connectivity index (χ0n) is 19.2.